The van der Waals surface area contributed by atoms with Crippen molar-refractivity contribution in [3.05, 3.63) is 83.9 Å². The molecule has 0 unspecified atom stereocenters. The Morgan fingerprint density at radius 2 is 1.53 bits per heavy atom. The molecule has 0 aliphatic heterocycles. The van der Waals surface area contributed by atoms with Gasteiger partial charge in [-0.3, -0.25) is 9.59 Å². The van der Waals surface area contributed by atoms with E-state index in [0.717, 1.165) is 5.56 Å². The molecule has 0 aliphatic carbocycles. The van der Waals surface area contributed by atoms with Gasteiger partial charge in [0.25, 0.3) is 5.91 Å². The lowest BCUT2D eigenvalue weighted by molar-refractivity contribution is -0.116. The van der Waals surface area contributed by atoms with E-state index in [-0.39, 0.29) is 29.7 Å². The smallest absolute Gasteiger partial charge is 0.251 e. The number of amides is 2. The van der Waals surface area contributed by atoms with Gasteiger partial charge in [0.1, 0.15) is 0 Å². The van der Waals surface area contributed by atoms with E-state index in [0.29, 0.717) is 28.9 Å². The molecule has 9 heteroatoms. The van der Waals surface area contributed by atoms with Gasteiger partial charge in [0.05, 0.1) is 4.90 Å². The molecular formula is C23H24N4O4S. The van der Waals surface area contributed by atoms with Crippen LogP contribution in [0, 0.1) is 0 Å². The molecule has 8 nitrogen and oxygen atoms in total. The second-order valence-corrected chi connectivity index (χ2v) is 8.60. The van der Waals surface area contributed by atoms with Gasteiger partial charge < -0.3 is 16.4 Å². The summed E-state index contributed by atoms with van der Waals surface area (Å²) in [6.45, 7) is 0.599. The van der Waals surface area contributed by atoms with Crippen molar-refractivity contribution in [2.75, 3.05) is 11.9 Å². The number of nitrogens with one attached hydrogen (secondary N) is 2. The fraction of sp³-hybridized carbons (Fsp3) is 0.130. The molecule has 0 heterocycles. The number of anilines is 1. The molecule has 0 bridgehead atoms. The molecule has 0 radical (unpaired) electrons. The highest BCUT2D eigenvalue weighted by Crippen LogP contribution is 2.26. The summed E-state index contributed by atoms with van der Waals surface area (Å²) in [5, 5.41) is 10.7. The standard InChI is InChI=1S/C23H24N4O4S/c24-15-16-5-11-19(12-6-16)27-22(28)13-14-26-23(29)18-9-7-17(8-10-18)20-3-1-2-4-21(20)32(25,30)31/h1-12H,13-15,24H2,(H,26,29)(H,27,28)(H2,25,30,31). The zero-order valence-corrected chi connectivity index (χ0v) is 18.1. The minimum atomic E-state index is -3.88. The van der Waals surface area contributed by atoms with Crippen molar-refractivity contribution in [2.45, 2.75) is 17.9 Å². The Bertz CT molecular complexity index is 1210. The first kappa shape index (κ1) is 23.1. The van der Waals surface area contributed by atoms with E-state index in [1.54, 1.807) is 54.6 Å². The van der Waals surface area contributed by atoms with Crippen LogP contribution in [-0.4, -0.2) is 26.8 Å². The van der Waals surface area contributed by atoms with Crippen molar-refractivity contribution in [3.8, 4) is 11.1 Å². The summed E-state index contributed by atoms with van der Waals surface area (Å²) < 4.78 is 23.6. The van der Waals surface area contributed by atoms with Gasteiger partial charge in [-0.1, -0.05) is 42.5 Å². The predicted molar refractivity (Wildman–Crippen MR) is 123 cm³/mol. The van der Waals surface area contributed by atoms with E-state index in [1.165, 1.54) is 6.07 Å². The summed E-state index contributed by atoms with van der Waals surface area (Å²) >= 11 is 0. The molecule has 6 N–H and O–H groups in total. The highest BCUT2D eigenvalue weighted by atomic mass is 32.2. The van der Waals surface area contributed by atoms with Crippen LogP contribution in [0.5, 0.6) is 0 Å². The van der Waals surface area contributed by atoms with E-state index >= 15 is 0 Å². The van der Waals surface area contributed by atoms with Gasteiger partial charge in [-0.15, -0.1) is 0 Å². The fourth-order valence-corrected chi connectivity index (χ4v) is 3.85. The predicted octanol–water partition coefficient (Wildman–Crippen LogP) is 2.22. The monoisotopic (exact) mass is 452 g/mol. The maximum Gasteiger partial charge on any atom is 0.251 e. The molecule has 0 atom stereocenters. The molecule has 0 spiro atoms. The third kappa shape index (κ3) is 6.01. The lowest BCUT2D eigenvalue weighted by atomic mass is 10.0. The van der Waals surface area contributed by atoms with Crippen LogP contribution in [0.15, 0.2) is 77.7 Å². The summed E-state index contributed by atoms with van der Waals surface area (Å²) in [4.78, 5) is 24.4. The van der Waals surface area contributed by atoms with Gasteiger partial charge in [-0.25, -0.2) is 13.6 Å². The Balaban J connectivity index is 1.56. The summed E-state index contributed by atoms with van der Waals surface area (Å²) in [6.07, 6.45) is 0.115. The third-order valence-corrected chi connectivity index (χ3v) is 5.73. The first-order valence-electron chi connectivity index (χ1n) is 9.87. The number of carbonyl (C=O) groups is 2. The zero-order chi connectivity index (χ0) is 23.1. The second kappa shape index (κ2) is 10.2. The first-order valence-corrected chi connectivity index (χ1v) is 11.4. The molecule has 0 aromatic heterocycles. The highest BCUT2D eigenvalue weighted by Gasteiger charge is 2.15. The van der Waals surface area contributed by atoms with Gasteiger partial charge in [0.2, 0.25) is 15.9 Å². The fourth-order valence-electron chi connectivity index (χ4n) is 3.09. The van der Waals surface area contributed by atoms with Crippen molar-refractivity contribution in [3.63, 3.8) is 0 Å². The molecule has 3 rings (SSSR count). The van der Waals surface area contributed by atoms with Gasteiger partial charge >= 0.3 is 0 Å². The molecule has 32 heavy (non-hydrogen) atoms. The average Bonchev–Trinajstić information content (AvgIpc) is 2.79. The molecule has 3 aromatic carbocycles. The zero-order valence-electron chi connectivity index (χ0n) is 17.2. The lowest BCUT2D eigenvalue weighted by Crippen LogP contribution is -2.27. The highest BCUT2D eigenvalue weighted by molar-refractivity contribution is 7.89. The Labute approximate surface area is 186 Å². The number of primary sulfonamides is 1. The average molecular weight is 453 g/mol. The van der Waals surface area contributed by atoms with Crippen LogP contribution >= 0.6 is 0 Å². The summed E-state index contributed by atoms with van der Waals surface area (Å²) in [5.74, 6) is -0.558. The van der Waals surface area contributed by atoms with Crippen molar-refractivity contribution < 1.29 is 18.0 Å². The number of benzene rings is 3. The Kier molecular flexibility index (Phi) is 7.37. The lowest BCUT2D eigenvalue weighted by Gasteiger charge is -2.10. The van der Waals surface area contributed by atoms with Crippen LogP contribution < -0.4 is 21.5 Å². The molecule has 0 aliphatic rings. The van der Waals surface area contributed by atoms with Crippen molar-refractivity contribution in [2.24, 2.45) is 10.9 Å². The van der Waals surface area contributed by atoms with Gasteiger partial charge in [0.15, 0.2) is 0 Å². The van der Waals surface area contributed by atoms with Gasteiger partial charge in [0, 0.05) is 36.3 Å². The summed E-state index contributed by atoms with van der Waals surface area (Å²) in [6, 6.07) is 20.1. The van der Waals surface area contributed by atoms with Crippen molar-refractivity contribution in [1.29, 1.82) is 0 Å². The SMILES string of the molecule is NCc1ccc(NC(=O)CCNC(=O)c2ccc(-c3ccccc3S(N)(=O)=O)cc2)cc1. The Morgan fingerprint density at radius 3 is 2.16 bits per heavy atom. The Hall–Kier alpha value is -3.53. The van der Waals surface area contributed by atoms with Crippen LogP contribution in [0.2, 0.25) is 0 Å². The van der Waals surface area contributed by atoms with Crippen LogP contribution in [0.1, 0.15) is 22.3 Å². The largest absolute Gasteiger partial charge is 0.352 e. The first-order chi connectivity index (χ1) is 15.3. The number of rotatable bonds is 8. The molecular weight excluding hydrogens is 428 g/mol. The van der Waals surface area contributed by atoms with E-state index in [1.807, 2.05) is 12.1 Å². The minimum absolute atomic E-state index is 0.0147. The quantitative estimate of drug-likeness (QED) is 0.414. The number of hydrogen-bond donors (Lipinski definition) is 4. The second-order valence-electron chi connectivity index (χ2n) is 7.07. The van der Waals surface area contributed by atoms with E-state index < -0.39 is 10.0 Å². The summed E-state index contributed by atoms with van der Waals surface area (Å²) in [7, 11) is -3.88. The molecule has 0 saturated heterocycles. The van der Waals surface area contributed by atoms with Crippen LogP contribution in [-0.2, 0) is 21.4 Å². The number of carbonyl (C=O) groups excluding carboxylic acids is 2. The van der Waals surface area contributed by atoms with Crippen molar-refractivity contribution in [1.82, 2.24) is 5.32 Å². The van der Waals surface area contributed by atoms with E-state index in [9.17, 15) is 18.0 Å². The van der Waals surface area contributed by atoms with E-state index in [4.69, 9.17) is 10.9 Å². The normalized spacial score (nSPS) is 11.1. The Morgan fingerprint density at radius 1 is 0.875 bits per heavy atom. The molecule has 0 fully saturated rings. The maximum absolute atomic E-state index is 12.4. The summed E-state index contributed by atoms with van der Waals surface area (Å²) in [5.41, 5.74) is 8.64. The number of nitrogens with two attached hydrogens (primary N) is 2. The third-order valence-electron chi connectivity index (χ3n) is 4.76. The van der Waals surface area contributed by atoms with Crippen LogP contribution in [0.3, 0.4) is 0 Å². The molecule has 0 saturated carbocycles. The van der Waals surface area contributed by atoms with Gasteiger partial charge in [-0.05, 0) is 41.5 Å². The minimum Gasteiger partial charge on any atom is -0.352 e. The number of hydrogen-bond acceptors (Lipinski definition) is 5. The van der Waals surface area contributed by atoms with Gasteiger partial charge in [-0.2, -0.15) is 0 Å². The van der Waals surface area contributed by atoms with E-state index in [2.05, 4.69) is 10.6 Å². The molecule has 166 valence electrons. The van der Waals surface area contributed by atoms with Crippen LogP contribution in [0.4, 0.5) is 5.69 Å². The maximum atomic E-state index is 12.4. The molecule has 2 amide bonds. The number of sulfonamides is 1. The molecule has 3 aromatic rings. The van der Waals surface area contributed by atoms with Crippen LogP contribution in [0.25, 0.3) is 11.1 Å². The van der Waals surface area contributed by atoms with Crippen molar-refractivity contribution >= 4 is 27.5 Å². The topological polar surface area (TPSA) is 144 Å².